The van der Waals surface area contributed by atoms with Gasteiger partial charge in [-0.05, 0) is 24.8 Å². The molecular formula is C13H17NO4S. The quantitative estimate of drug-likeness (QED) is 0.903. The van der Waals surface area contributed by atoms with Crippen molar-refractivity contribution in [1.82, 2.24) is 4.31 Å². The summed E-state index contributed by atoms with van der Waals surface area (Å²) in [4.78, 5) is 10.8. The maximum absolute atomic E-state index is 12.1. The van der Waals surface area contributed by atoms with Gasteiger partial charge in [0.2, 0.25) is 10.0 Å². The monoisotopic (exact) mass is 283 g/mol. The topological polar surface area (TPSA) is 74.7 Å². The van der Waals surface area contributed by atoms with Crippen molar-refractivity contribution in [2.45, 2.75) is 24.5 Å². The second kappa shape index (κ2) is 5.30. The summed E-state index contributed by atoms with van der Waals surface area (Å²) in [5.74, 6) is -1.15. The Balaban J connectivity index is 2.13. The van der Waals surface area contributed by atoms with Crippen molar-refractivity contribution in [2.75, 3.05) is 13.1 Å². The Morgan fingerprint density at radius 1 is 1.37 bits per heavy atom. The van der Waals surface area contributed by atoms with Gasteiger partial charge in [-0.15, -0.1) is 0 Å². The second-order valence-electron chi connectivity index (χ2n) is 4.78. The average molecular weight is 283 g/mol. The summed E-state index contributed by atoms with van der Waals surface area (Å²) in [6.07, 6.45) is 0.732. The summed E-state index contributed by atoms with van der Waals surface area (Å²) < 4.78 is 25.5. The van der Waals surface area contributed by atoms with Gasteiger partial charge in [0.25, 0.3) is 0 Å². The largest absolute Gasteiger partial charge is 0.480 e. The maximum atomic E-state index is 12.1. The lowest BCUT2D eigenvalue weighted by atomic mass is 9.99. The third-order valence-electron chi connectivity index (χ3n) is 3.58. The maximum Gasteiger partial charge on any atom is 0.323 e. The van der Waals surface area contributed by atoms with Crippen LogP contribution in [0, 0.1) is 0 Å². The van der Waals surface area contributed by atoms with Crippen LogP contribution in [0.4, 0.5) is 0 Å². The fourth-order valence-corrected chi connectivity index (χ4v) is 3.76. The number of carbonyl (C=O) groups is 1. The van der Waals surface area contributed by atoms with Crippen LogP contribution in [-0.2, 0) is 14.8 Å². The van der Waals surface area contributed by atoms with Crippen LogP contribution in [0.5, 0.6) is 0 Å². The van der Waals surface area contributed by atoms with E-state index in [1.54, 1.807) is 0 Å². The summed E-state index contributed by atoms with van der Waals surface area (Å²) in [5.41, 5.74) is 1.10. The van der Waals surface area contributed by atoms with E-state index >= 15 is 0 Å². The van der Waals surface area contributed by atoms with E-state index in [0.717, 1.165) is 12.0 Å². The summed E-state index contributed by atoms with van der Waals surface area (Å²) >= 11 is 0. The number of carboxylic acid groups (broad SMARTS) is 1. The number of carboxylic acids is 1. The van der Waals surface area contributed by atoms with Crippen LogP contribution in [0.2, 0.25) is 0 Å². The van der Waals surface area contributed by atoms with Crippen LogP contribution >= 0.6 is 0 Å². The van der Waals surface area contributed by atoms with Crippen molar-refractivity contribution in [3.05, 3.63) is 35.9 Å². The Labute approximate surface area is 112 Å². The van der Waals surface area contributed by atoms with Crippen molar-refractivity contribution in [3.63, 3.8) is 0 Å². The molecule has 0 aliphatic carbocycles. The Morgan fingerprint density at radius 3 is 2.58 bits per heavy atom. The first kappa shape index (κ1) is 14.0. The normalized spacial score (nSPS) is 22.3. The number of aliphatic carboxylic acids is 1. The molecule has 0 spiro atoms. The van der Waals surface area contributed by atoms with E-state index < -0.39 is 21.2 Å². The lowest BCUT2D eigenvalue weighted by Gasteiger charge is -2.19. The minimum Gasteiger partial charge on any atom is -0.480 e. The van der Waals surface area contributed by atoms with Gasteiger partial charge in [-0.2, -0.15) is 0 Å². The molecule has 0 bridgehead atoms. The van der Waals surface area contributed by atoms with E-state index in [2.05, 4.69) is 0 Å². The van der Waals surface area contributed by atoms with E-state index in [9.17, 15) is 13.2 Å². The molecule has 0 amide bonds. The molecule has 0 aromatic heterocycles. The first-order chi connectivity index (χ1) is 8.93. The summed E-state index contributed by atoms with van der Waals surface area (Å²) in [5, 5.41) is 7.47. The summed E-state index contributed by atoms with van der Waals surface area (Å²) in [6.45, 7) is 1.97. The van der Waals surface area contributed by atoms with Gasteiger partial charge in [0, 0.05) is 13.1 Å². The zero-order valence-electron chi connectivity index (χ0n) is 10.7. The van der Waals surface area contributed by atoms with Crippen molar-refractivity contribution in [1.29, 1.82) is 0 Å². The molecule has 1 N–H and O–H groups in total. The smallest absolute Gasteiger partial charge is 0.323 e. The molecule has 1 saturated heterocycles. The third kappa shape index (κ3) is 2.79. The number of hydrogen-bond donors (Lipinski definition) is 1. The van der Waals surface area contributed by atoms with Crippen molar-refractivity contribution in [3.8, 4) is 0 Å². The molecule has 19 heavy (non-hydrogen) atoms. The lowest BCUT2D eigenvalue weighted by molar-refractivity contribution is -0.136. The zero-order valence-corrected chi connectivity index (χ0v) is 11.5. The third-order valence-corrected chi connectivity index (χ3v) is 5.72. The van der Waals surface area contributed by atoms with Crippen LogP contribution in [0.25, 0.3) is 0 Å². The van der Waals surface area contributed by atoms with E-state index in [0.29, 0.717) is 13.1 Å². The highest BCUT2D eigenvalue weighted by Gasteiger charge is 2.38. The Hall–Kier alpha value is -1.40. The van der Waals surface area contributed by atoms with Gasteiger partial charge in [-0.1, -0.05) is 30.3 Å². The van der Waals surface area contributed by atoms with Crippen LogP contribution in [-0.4, -0.2) is 42.1 Å². The van der Waals surface area contributed by atoms with Gasteiger partial charge in [-0.25, -0.2) is 12.7 Å². The SMILES string of the molecule is CC(C(=O)O)S(=O)(=O)N1CCC(c2ccccc2)C1. The summed E-state index contributed by atoms with van der Waals surface area (Å²) in [7, 11) is -3.75. The predicted molar refractivity (Wildman–Crippen MR) is 71.4 cm³/mol. The molecule has 1 aliphatic heterocycles. The Kier molecular flexibility index (Phi) is 3.91. The highest BCUT2D eigenvalue weighted by atomic mass is 32.2. The highest BCUT2D eigenvalue weighted by molar-refractivity contribution is 7.90. The molecule has 104 valence electrons. The molecule has 6 heteroatoms. The van der Waals surface area contributed by atoms with Gasteiger partial charge in [-0.3, -0.25) is 4.79 Å². The predicted octanol–water partition coefficient (Wildman–Crippen LogP) is 1.28. The molecule has 1 heterocycles. The van der Waals surface area contributed by atoms with E-state index in [1.165, 1.54) is 11.2 Å². The first-order valence-electron chi connectivity index (χ1n) is 6.19. The van der Waals surface area contributed by atoms with Gasteiger partial charge < -0.3 is 5.11 Å². The molecule has 1 aliphatic rings. The molecule has 1 aromatic carbocycles. The number of nitrogens with zero attached hydrogens (tertiary/aromatic N) is 1. The van der Waals surface area contributed by atoms with Crippen molar-refractivity contribution < 1.29 is 18.3 Å². The number of rotatable bonds is 4. The number of benzene rings is 1. The van der Waals surface area contributed by atoms with E-state index in [1.807, 2.05) is 30.3 Å². The lowest BCUT2D eigenvalue weighted by Crippen LogP contribution is -2.39. The molecule has 2 unspecified atom stereocenters. The molecule has 0 saturated carbocycles. The van der Waals surface area contributed by atoms with Crippen LogP contribution in [0.3, 0.4) is 0 Å². The molecular weight excluding hydrogens is 266 g/mol. The minimum atomic E-state index is -3.75. The second-order valence-corrected chi connectivity index (χ2v) is 7.03. The van der Waals surface area contributed by atoms with E-state index in [4.69, 9.17) is 5.11 Å². The molecule has 0 radical (unpaired) electrons. The minimum absolute atomic E-state index is 0.150. The Bertz CT molecular complexity index is 555. The average Bonchev–Trinajstić information content (AvgIpc) is 2.89. The molecule has 1 aromatic rings. The number of hydrogen-bond acceptors (Lipinski definition) is 3. The molecule has 5 nitrogen and oxygen atoms in total. The summed E-state index contributed by atoms with van der Waals surface area (Å²) in [6, 6.07) is 9.71. The van der Waals surface area contributed by atoms with Gasteiger partial charge in [0.15, 0.2) is 5.25 Å². The van der Waals surface area contributed by atoms with Crippen LogP contribution < -0.4 is 0 Å². The Morgan fingerprint density at radius 2 is 2.00 bits per heavy atom. The van der Waals surface area contributed by atoms with Gasteiger partial charge >= 0.3 is 5.97 Å². The van der Waals surface area contributed by atoms with E-state index in [-0.39, 0.29) is 5.92 Å². The fourth-order valence-electron chi connectivity index (χ4n) is 2.31. The molecule has 2 rings (SSSR count). The van der Waals surface area contributed by atoms with Crippen molar-refractivity contribution in [2.24, 2.45) is 0 Å². The fraction of sp³-hybridized carbons (Fsp3) is 0.462. The first-order valence-corrected chi connectivity index (χ1v) is 7.70. The van der Waals surface area contributed by atoms with Crippen LogP contribution in [0.15, 0.2) is 30.3 Å². The zero-order chi connectivity index (χ0) is 14.0. The molecule has 2 atom stereocenters. The number of sulfonamides is 1. The van der Waals surface area contributed by atoms with Gasteiger partial charge in [0.05, 0.1) is 0 Å². The van der Waals surface area contributed by atoms with Crippen molar-refractivity contribution >= 4 is 16.0 Å². The molecule has 1 fully saturated rings. The van der Waals surface area contributed by atoms with Gasteiger partial charge in [0.1, 0.15) is 0 Å². The standard InChI is InChI=1S/C13H17NO4S/c1-10(13(15)16)19(17,18)14-8-7-12(9-14)11-5-3-2-4-6-11/h2-6,10,12H,7-9H2,1H3,(H,15,16). The highest BCUT2D eigenvalue weighted by Crippen LogP contribution is 2.29. The van der Waals surface area contributed by atoms with Crippen LogP contribution in [0.1, 0.15) is 24.8 Å².